The van der Waals surface area contributed by atoms with Gasteiger partial charge in [0, 0.05) is 30.4 Å². The third-order valence-electron chi connectivity index (χ3n) is 3.23. The lowest BCUT2D eigenvalue weighted by molar-refractivity contribution is 0.0785. The number of hydrogen-bond acceptors (Lipinski definition) is 3. The van der Waals surface area contributed by atoms with Gasteiger partial charge in [0.05, 0.1) is 9.92 Å². The van der Waals surface area contributed by atoms with Crippen molar-refractivity contribution in [2.24, 2.45) is 0 Å². The van der Waals surface area contributed by atoms with E-state index in [-0.39, 0.29) is 21.4 Å². The molecule has 0 aliphatic carbocycles. The molecule has 0 bridgehead atoms. The van der Waals surface area contributed by atoms with E-state index in [9.17, 15) is 13.2 Å². The Morgan fingerprint density at radius 1 is 1.13 bits per heavy atom. The summed E-state index contributed by atoms with van der Waals surface area (Å²) in [5, 5.41) is 0.691. The number of hydrogen-bond donors (Lipinski definition) is 0. The second-order valence-electron chi connectivity index (χ2n) is 5.21. The molecule has 4 nitrogen and oxygen atoms in total. The number of nitrogens with zero attached hydrogens (tertiary/aromatic N) is 1. The Morgan fingerprint density at radius 3 is 2.43 bits per heavy atom. The Labute approximate surface area is 145 Å². The van der Waals surface area contributed by atoms with Gasteiger partial charge in [0.2, 0.25) is 0 Å². The Balaban J connectivity index is 2.26. The molecule has 0 saturated carbocycles. The monoisotopic (exact) mass is 371 g/mol. The standard InChI is InChI=1S/C16H15Cl2NO3S/c1-19(10-11-4-3-5-13(17)8-11)16(20)12-6-7-14(18)15(9-12)23(2,21)22/h3-9H,10H2,1-2H3. The van der Waals surface area contributed by atoms with E-state index in [0.717, 1.165) is 11.8 Å². The van der Waals surface area contributed by atoms with Crippen LogP contribution in [0.1, 0.15) is 15.9 Å². The number of rotatable bonds is 4. The van der Waals surface area contributed by atoms with E-state index >= 15 is 0 Å². The minimum Gasteiger partial charge on any atom is -0.337 e. The van der Waals surface area contributed by atoms with Gasteiger partial charge in [0.25, 0.3) is 5.91 Å². The zero-order valence-corrected chi connectivity index (χ0v) is 14.9. The maximum absolute atomic E-state index is 12.5. The first kappa shape index (κ1) is 17.8. The van der Waals surface area contributed by atoms with E-state index in [1.54, 1.807) is 25.2 Å². The Hall–Kier alpha value is -1.56. The van der Waals surface area contributed by atoms with Crippen LogP contribution in [-0.4, -0.2) is 32.5 Å². The van der Waals surface area contributed by atoms with Gasteiger partial charge in [-0.15, -0.1) is 0 Å². The van der Waals surface area contributed by atoms with E-state index in [4.69, 9.17) is 23.2 Å². The van der Waals surface area contributed by atoms with Crippen LogP contribution in [0.2, 0.25) is 10.0 Å². The van der Waals surface area contributed by atoms with Crippen molar-refractivity contribution >= 4 is 38.9 Å². The third-order valence-corrected chi connectivity index (χ3v) is 5.05. The van der Waals surface area contributed by atoms with Crippen LogP contribution in [0.5, 0.6) is 0 Å². The normalized spacial score (nSPS) is 11.3. The lowest BCUT2D eigenvalue weighted by atomic mass is 10.1. The first-order chi connectivity index (χ1) is 10.7. The molecule has 0 spiro atoms. The summed E-state index contributed by atoms with van der Waals surface area (Å²) in [6, 6.07) is 11.4. The fraction of sp³-hybridized carbons (Fsp3) is 0.188. The zero-order chi connectivity index (χ0) is 17.2. The van der Waals surface area contributed by atoms with Crippen LogP contribution in [-0.2, 0) is 16.4 Å². The van der Waals surface area contributed by atoms with Crippen LogP contribution in [0.15, 0.2) is 47.4 Å². The summed E-state index contributed by atoms with van der Waals surface area (Å²) in [5.74, 6) is -0.299. The highest BCUT2D eigenvalue weighted by molar-refractivity contribution is 7.90. The van der Waals surface area contributed by atoms with Crippen LogP contribution in [0.3, 0.4) is 0 Å². The summed E-state index contributed by atoms with van der Waals surface area (Å²) in [7, 11) is -1.86. The van der Waals surface area contributed by atoms with Crippen molar-refractivity contribution in [3.8, 4) is 0 Å². The van der Waals surface area contributed by atoms with Gasteiger partial charge in [0.1, 0.15) is 0 Å². The van der Waals surface area contributed by atoms with Crippen molar-refractivity contribution in [1.82, 2.24) is 4.90 Å². The number of halogens is 2. The predicted octanol–water partition coefficient (Wildman–Crippen LogP) is 3.67. The van der Waals surface area contributed by atoms with Gasteiger partial charge in [-0.3, -0.25) is 4.79 Å². The Bertz CT molecular complexity index is 850. The lowest BCUT2D eigenvalue weighted by Gasteiger charge is -2.18. The number of benzene rings is 2. The molecule has 23 heavy (non-hydrogen) atoms. The molecule has 0 saturated heterocycles. The van der Waals surface area contributed by atoms with Crippen molar-refractivity contribution in [3.05, 3.63) is 63.6 Å². The summed E-state index contributed by atoms with van der Waals surface area (Å²) < 4.78 is 23.4. The van der Waals surface area contributed by atoms with E-state index < -0.39 is 9.84 Å². The van der Waals surface area contributed by atoms with E-state index in [0.29, 0.717) is 11.6 Å². The van der Waals surface area contributed by atoms with E-state index in [1.165, 1.54) is 23.1 Å². The minimum absolute atomic E-state index is 0.0545. The molecule has 1 amide bonds. The first-order valence-corrected chi connectivity index (χ1v) is 9.33. The second kappa shape index (κ2) is 6.91. The molecule has 2 rings (SSSR count). The molecular formula is C16H15Cl2NO3S. The van der Waals surface area contributed by atoms with Crippen molar-refractivity contribution in [1.29, 1.82) is 0 Å². The van der Waals surface area contributed by atoms with Gasteiger partial charge in [-0.05, 0) is 35.9 Å². The molecule has 0 aromatic heterocycles. The molecule has 7 heteroatoms. The van der Waals surface area contributed by atoms with Gasteiger partial charge in [-0.25, -0.2) is 8.42 Å². The number of carbonyl (C=O) groups is 1. The fourth-order valence-corrected chi connectivity index (χ4v) is 3.64. The van der Waals surface area contributed by atoms with Crippen molar-refractivity contribution < 1.29 is 13.2 Å². The highest BCUT2D eigenvalue weighted by Crippen LogP contribution is 2.23. The molecule has 0 unspecified atom stereocenters. The molecule has 0 radical (unpaired) electrons. The highest BCUT2D eigenvalue weighted by atomic mass is 35.5. The molecule has 0 N–H and O–H groups in total. The van der Waals surface area contributed by atoms with Gasteiger partial charge >= 0.3 is 0 Å². The van der Waals surface area contributed by atoms with Crippen LogP contribution in [0.4, 0.5) is 0 Å². The Morgan fingerprint density at radius 2 is 1.83 bits per heavy atom. The van der Waals surface area contributed by atoms with Crippen molar-refractivity contribution in [2.75, 3.05) is 13.3 Å². The average Bonchev–Trinajstić information content (AvgIpc) is 2.45. The average molecular weight is 372 g/mol. The SMILES string of the molecule is CN(Cc1cccc(Cl)c1)C(=O)c1ccc(Cl)c(S(C)(=O)=O)c1. The number of carbonyl (C=O) groups excluding carboxylic acids is 1. The molecule has 2 aromatic rings. The summed E-state index contributed by atoms with van der Waals surface area (Å²) in [6.45, 7) is 0.357. The summed E-state index contributed by atoms with van der Waals surface area (Å²) >= 11 is 11.8. The highest BCUT2D eigenvalue weighted by Gasteiger charge is 2.18. The number of amides is 1. The third kappa shape index (κ3) is 4.47. The van der Waals surface area contributed by atoms with Crippen LogP contribution < -0.4 is 0 Å². The van der Waals surface area contributed by atoms with Crippen molar-refractivity contribution in [3.63, 3.8) is 0 Å². The fourth-order valence-electron chi connectivity index (χ4n) is 2.12. The van der Waals surface area contributed by atoms with Crippen molar-refractivity contribution in [2.45, 2.75) is 11.4 Å². The summed E-state index contributed by atoms with van der Waals surface area (Å²) in [6.07, 6.45) is 1.05. The maximum Gasteiger partial charge on any atom is 0.253 e. The topological polar surface area (TPSA) is 54.5 Å². The van der Waals surface area contributed by atoms with Crippen LogP contribution in [0.25, 0.3) is 0 Å². The molecule has 0 aliphatic rings. The van der Waals surface area contributed by atoms with Gasteiger partial charge in [-0.2, -0.15) is 0 Å². The summed E-state index contributed by atoms with van der Waals surface area (Å²) in [4.78, 5) is 13.9. The second-order valence-corrected chi connectivity index (χ2v) is 8.04. The molecule has 0 atom stereocenters. The first-order valence-electron chi connectivity index (χ1n) is 6.68. The van der Waals surface area contributed by atoms with Gasteiger partial charge in [0.15, 0.2) is 9.84 Å². The maximum atomic E-state index is 12.5. The minimum atomic E-state index is -3.50. The predicted molar refractivity (Wildman–Crippen MR) is 91.8 cm³/mol. The quantitative estimate of drug-likeness (QED) is 0.823. The molecular weight excluding hydrogens is 357 g/mol. The van der Waals surface area contributed by atoms with Crippen LogP contribution >= 0.6 is 23.2 Å². The lowest BCUT2D eigenvalue weighted by Crippen LogP contribution is -2.26. The van der Waals surface area contributed by atoms with Gasteiger partial charge < -0.3 is 4.90 Å². The van der Waals surface area contributed by atoms with Crippen LogP contribution in [0, 0.1) is 0 Å². The molecule has 0 fully saturated rings. The summed E-state index contributed by atoms with van der Waals surface area (Å²) in [5.41, 5.74) is 1.14. The largest absolute Gasteiger partial charge is 0.337 e. The molecule has 0 heterocycles. The molecule has 122 valence electrons. The molecule has 2 aromatic carbocycles. The van der Waals surface area contributed by atoms with Gasteiger partial charge in [-0.1, -0.05) is 35.3 Å². The zero-order valence-electron chi connectivity index (χ0n) is 12.6. The molecule has 0 aliphatic heterocycles. The number of sulfone groups is 1. The van der Waals surface area contributed by atoms with E-state index in [1.807, 2.05) is 6.07 Å². The smallest absolute Gasteiger partial charge is 0.253 e. The Kier molecular flexibility index (Phi) is 5.34. The van der Waals surface area contributed by atoms with E-state index in [2.05, 4.69) is 0 Å².